The minimum absolute atomic E-state index is 0.0258. The molecule has 1 N–H and O–H groups in total. The van der Waals surface area contributed by atoms with Crippen molar-refractivity contribution < 1.29 is 19.1 Å². The quantitative estimate of drug-likeness (QED) is 0.491. The van der Waals surface area contributed by atoms with E-state index in [4.69, 9.17) is 9.47 Å². The molecule has 1 aromatic rings. The van der Waals surface area contributed by atoms with E-state index in [-0.39, 0.29) is 23.3 Å². The third kappa shape index (κ3) is 9.87. The molecule has 0 bridgehead atoms. The lowest BCUT2D eigenvalue weighted by molar-refractivity contribution is -0.145. The zero-order valence-electron chi connectivity index (χ0n) is 15.8. The normalized spacial score (nSPS) is 11.4. The van der Waals surface area contributed by atoms with Gasteiger partial charge in [-0.3, -0.25) is 9.59 Å². The molecule has 1 amide bonds. The van der Waals surface area contributed by atoms with Crippen LogP contribution in [0.2, 0.25) is 0 Å². The third-order valence-corrected chi connectivity index (χ3v) is 3.77. The summed E-state index contributed by atoms with van der Waals surface area (Å²) in [4.78, 5) is 23.4. The first-order valence-electron chi connectivity index (χ1n) is 8.89. The van der Waals surface area contributed by atoms with Crippen LogP contribution in [0.5, 0.6) is 0 Å². The first-order valence-corrected chi connectivity index (χ1v) is 8.89. The van der Waals surface area contributed by atoms with Gasteiger partial charge in [0.2, 0.25) is 5.91 Å². The molecule has 0 atom stereocenters. The van der Waals surface area contributed by atoms with E-state index in [1.807, 2.05) is 58.0 Å². The number of hydrogen-bond donors (Lipinski definition) is 1. The SMILES string of the molecule is CC(C)C(=O)NC(C)(C)CCOCCCC(=O)OCc1ccccc1. The molecule has 0 saturated carbocycles. The van der Waals surface area contributed by atoms with Crippen molar-refractivity contribution in [2.24, 2.45) is 5.92 Å². The Morgan fingerprint density at radius 1 is 1.12 bits per heavy atom. The molecular weight excluding hydrogens is 318 g/mol. The van der Waals surface area contributed by atoms with E-state index in [9.17, 15) is 9.59 Å². The summed E-state index contributed by atoms with van der Waals surface area (Å²) in [7, 11) is 0. The van der Waals surface area contributed by atoms with Crippen LogP contribution in [-0.2, 0) is 25.7 Å². The third-order valence-electron chi connectivity index (χ3n) is 3.77. The van der Waals surface area contributed by atoms with Crippen LogP contribution in [0.4, 0.5) is 0 Å². The topological polar surface area (TPSA) is 64.6 Å². The van der Waals surface area contributed by atoms with Crippen LogP contribution in [0.25, 0.3) is 0 Å². The Kier molecular flexibility index (Phi) is 9.21. The molecule has 0 spiro atoms. The summed E-state index contributed by atoms with van der Waals surface area (Å²) in [5.74, 6) is -0.190. The molecule has 0 aliphatic carbocycles. The molecule has 140 valence electrons. The highest BCUT2D eigenvalue weighted by Crippen LogP contribution is 2.10. The summed E-state index contributed by atoms with van der Waals surface area (Å²) in [6, 6.07) is 9.62. The van der Waals surface area contributed by atoms with Gasteiger partial charge in [-0.25, -0.2) is 0 Å². The van der Waals surface area contributed by atoms with Gasteiger partial charge in [-0.1, -0.05) is 44.2 Å². The molecule has 0 saturated heterocycles. The Morgan fingerprint density at radius 3 is 2.44 bits per heavy atom. The maximum Gasteiger partial charge on any atom is 0.306 e. The van der Waals surface area contributed by atoms with E-state index >= 15 is 0 Å². The summed E-state index contributed by atoms with van der Waals surface area (Å²) < 4.78 is 10.8. The first-order chi connectivity index (χ1) is 11.8. The van der Waals surface area contributed by atoms with Crippen molar-refractivity contribution in [3.05, 3.63) is 35.9 Å². The molecule has 0 aliphatic heterocycles. The number of rotatable bonds is 11. The molecule has 0 aromatic heterocycles. The van der Waals surface area contributed by atoms with Gasteiger partial charge in [0, 0.05) is 31.1 Å². The van der Waals surface area contributed by atoms with E-state index in [2.05, 4.69) is 5.32 Å². The fourth-order valence-electron chi connectivity index (χ4n) is 2.10. The second-order valence-electron chi connectivity index (χ2n) is 7.14. The van der Waals surface area contributed by atoms with E-state index in [0.29, 0.717) is 32.7 Å². The lowest BCUT2D eigenvalue weighted by Gasteiger charge is -2.27. The molecular formula is C20H31NO4. The van der Waals surface area contributed by atoms with Gasteiger partial charge < -0.3 is 14.8 Å². The van der Waals surface area contributed by atoms with Crippen molar-refractivity contribution in [2.75, 3.05) is 13.2 Å². The molecule has 1 rings (SSSR count). The number of esters is 1. The maximum atomic E-state index is 11.7. The number of carbonyl (C=O) groups is 2. The van der Waals surface area contributed by atoms with Crippen LogP contribution >= 0.6 is 0 Å². The van der Waals surface area contributed by atoms with E-state index in [1.54, 1.807) is 0 Å². The predicted octanol–water partition coefficient (Wildman–Crippen LogP) is 3.47. The second-order valence-corrected chi connectivity index (χ2v) is 7.14. The first kappa shape index (κ1) is 21.2. The lowest BCUT2D eigenvalue weighted by Crippen LogP contribution is -2.45. The molecule has 0 aliphatic rings. The van der Waals surface area contributed by atoms with Gasteiger partial charge in [0.1, 0.15) is 6.61 Å². The average Bonchev–Trinajstić information content (AvgIpc) is 2.56. The lowest BCUT2D eigenvalue weighted by atomic mass is 10.00. The monoisotopic (exact) mass is 349 g/mol. The molecule has 0 unspecified atom stereocenters. The van der Waals surface area contributed by atoms with Crippen LogP contribution in [0.15, 0.2) is 30.3 Å². The molecule has 5 heteroatoms. The molecule has 0 fully saturated rings. The largest absolute Gasteiger partial charge is 0.461 e. The minimum Gasteiger partial charge on any atom is -0.461 e. The predicted molar refractivity (Wildman–Crippen MR) is 98.0 cm³/mol. The number of nitrogens with one attached hydrogen (secondary N) is 1. The minimum atomic E-state index is -0.296. The average molecular weight is 349 g/mol. The van der Waals surface area contributed by atoms with E-state index in [0.717, 1.165) is 12.0 Å². The number of benzene rings is 1. The van der Waals surface area contributed by atoms with Crippen molar-refractivity contribution in [2.45, 2.75) is 59.1 Å². The Labute approximate surface area is 151 Å². The van der Waals surface area contributed by atoms with Crippen LogP contribution < -0.4 is 5.32 Å². The summed E-state index contributed by atoms with van der Waals surface area (Å²) in [6.07, 6.45) is 1.70. The van der Waals surface area contributed by atoms with E-state index in [1.165, 1.54) is 0 Å². The number of ether oxygens (including phenoxy) is 2. The van der Waals surface area contributed by atoms with Crippen LogP contribution in [0.3, 0.4) is 0 Å². The smallest absolute Gasteiger partial charge is 0.306 e. The van der Waals surface area contributed by atoms with Crippen molar-refractivity contribution >= 4 is 11.9 Å². The molecule has 1 aromatic carbocycles. The van der Waals surface area contributed by atoms with Crippen molar-refractivity contribution in [1.82, 2.24) is 5.32 Å². The number of hydrogen-bond acceptors (Lipinski definition) is 4. The standard InChI is InChI=1S/C20H31NO4/c1-16(2)19(23)21-20(3,4)12-14-24-13-8-11-18(22)25-15-17-9-6-5-7-10-17/h5-7,9-10,16H,8,11-15H2,1-4H3,(H,21,23). The second kappa shape index (κ2) is 10.9. The van der Waals surface area contributed by atoms with Gasteiger partial charge in [-0.2, -0.15) is 0 Å². The Hall–Kier alpha value is -1.88. The highest BCUT2D eigenvalue weighted by Gasteiger charge is 2.21. The Bertz CT molecular complexity index is 526. The Morgan fingerprint density at radius 2 is 1.80 bits per heavy atom. The molecule has 5 nitrogen and oxygen atoms in total. The van der Waals surface area contributed by atoms with Crippen molar-refractivity contribution in [1.29, 1.82) is 0 Å². The summed E-state index contributed by atoms with van der Waals surface area (Å²) in [6.45, 7) is 9.08. The van der Waals surface area contributed by atoms with Gasteiger partial charge in [0.15, 0.2) is 0 Å². The fraction of sp³-hybridized carbons (Fsp3) is 0.600. The zero-order chi connectivity index (χ0) is 18.7. The maximum absolute atomic E-state index is 11.7. The number of amides is 1. The molecule has 0 radical (unpaired) electrons. The summed E-state index contributed by atoms with van der Waals surface area (Å²) in [5.41, 5.74) is 0.688. The fourth-order valence-corrected chi connectivity index (χ4v) is 2.10. The van der Waals surface area contributed by atoms with Gasteiger partial charge >= 0.3 is 5.97 Å². The number of carbonyl (C=O) groups excluding carboxylic acids is 2. The van der Waals surface area contributed by atoms with Crippen molar-refractivity contribution in [3.8, 4) is 0 Å². The van der Waals surface area contributed by atoms with Crippen LogP contribution in [0, 0.1) is 5.92 Å². The summed E-state index contributed by atoms with van der Waals surface area (Å²) >= 11 is 0. The highest BCUT2D eigenvalue weighted by atomic mass is 16.5. The van der Waals surface area contributed by atoms with Gasteiger partial charge in [-0.05, 0) is 32.3 Å². The van der Waals surface area contributed by atoms with Crippen LogP contribution in [-0.4, -0.2) is 30.6 Å². The van der Waals surface area contributed by atoms with Gasteiger partial charge in [-0.15, -0.1) is 0 Å². The van der Waals surface area contributed by atoms with Crippen molar-refractivity contribution in [3.63, 3.8) is 0 Å². The highest BCUT2D eigenvalue weighted by molar-refractivity contribution is 5.78. The van der Waals surface area contributed by atoms with Crippen LogP contribution in [0.1, 0.15) is 52.5 Å². The Balaban J connectivity index is 2.07. The van der Waals surface area contributed by atoms with Gasteiger partial charge in [0.05, 0.1) is 0 Å². The molecule has 25 heavy (non-hydrogen) atoms. The summed E-state index contributed by atoms with van der Waals surface area (Å²) in [5, 5.41) is 3.00. The zero-order valence-corrected chi connectivity index (χ0v) is 15.8. The van der Waals surface area contributed by atoms with E-state index < -0.39 is 0 Å². The molecule has 0 heterocycles. The van der Waals surface area contributed by atoms with Gasteiger partial charge in [0.25, 0.3) is 0 Å².